The number of rotatable bonds is 4. The monoisotopic (exact) mass is 282 g/mol. The lowest BCUT2D eigenvalue weighted by Gasteiger charge is -2.15. The van der Waals surface area contributed by atoms with Crippen LogP contribution in [-0.4, -0.2) is 36.5 Å². The molecule has 5 nitrogen and oxygen atoms in total. The fourth-order valence-corrected chi connectivity index (χ4v) is 2.38. The molecule has 0 unspecified atom stereocenters. The van der Waals surface area contributed by atoms with Crippen LogP contribution >= 0.6 is 11.6 Å². The van der Waals surface area contributed by atoms with E-state index in [0.717, 1.165) is 5.56 Å². The Balaban J connectivity index is 1.90. The molecule has 1 saturated heterocycles. The fourth-order valence-electron chi connectivity index (χ4n) is 2.07. The second-order valence-corrected chi connectivity index (χ2v) is 4.93. The summed E-state index contributed by atoms with van der Waals surface area (Å²) in [5.74, 6) is -0.172. The van der Waals surface area contributed by atoms with Gasteiger partial charge in [0.25, 0.3) is 5.91 Å². The van der Waals surface area contributed by atoms with Crippen molar-refractivity contribution in [3.63, 3.8) is 0 Å². The Morgan fingerprint density at radius 3 is 2.89 bits per heavy atom. The number of urea groups is 1. The molecule has 1 aliphatic rings. The Kier molecular flexibility index (Phi) is 4.39. The van der Waals surface area contributed by atoms with Crippen LogP contribution in [0.4, 0.5) is 4.79 Å². The second-order valence-electron chi connectivity index (χ2n) is 4.53. The average molecular weight is 283 g/mol. The maximum absolute atomic E-state index is 11.9. The lowest BCUT2D eigenvalue weighted by molar-refractivity contribution is -0.683. The van der Waals surface area contributed by atoms with E-state index < -0.39 is 0 Å². The molecule has 1 aromatic rings. The number of hydrogen-bond donors (Lipinski definition) is 2. The van der Waals surface area contributed by atoms with Crippen LogP contribution in [0.25, 0.3) is 0 Å². The molecule has 0 saturated carbocycles. The third-order valence-electron chi connectivity index (χ3n) is 3.20. The Hall–Kier alpha value is -1.59. The summed E-state index contributed by atoms with van der Waals surface area (Å²) < 4.78 is 0. The minimum Gasteiger partial charge on any atom is -0.336 e. The van der Waals surface area contributed by atoms with E-state index in [9.17, 15) is 9.59 Å². The van der Waals surface area contributed by atoms with Gasteiger partial charge in [-0.15, -0.1) is 0 Å². The van der Waals surface area contributed by atoms with Gasteiger partial charge in [-0.2, -0.15) is 0 Å². The van der Waals surface area contributed by atoms with Gasteiger partial charge >= 0.3 is 6.03 Å². The van der Waals surface area contributed by atoms with Crippen molar-refractivity contribution in [2.45, 2.75) is 13.0 Å². The van der Waals surface area contributed by atoms with Crippen molar-refractivity contribution in [1.82, 2.24) is 10.2 Å². The molecule has 0 spiro atoms. The van der Waals surface area contributed by atoms with Crippen LogP contribution in [0.2, 0.25) is 5.02 Å². The van der Waals surface area contributed by atoms with Crippen LogP contribution in [0.1, 0.15) is 18.5 Å². The molecule has 3 N–H and O–H groups in total. The van der Waals surface area contributed by atoms with Crippen molar-refractivity contribution in [2.24, 2.45) is 0 Å². The lowest BCUT2D eigenvalue weighted by atomic mass is 10.1. The number of quaternary nitrogens is 1. The molecule has 1 atom stereocenters. The molecule has 1 aromatic carbocycles. The molecule has 1 aliphatic heterocycles. The van der Waals surface area contributed by atoms with Crippen LogP contribution in [0, 0.1) is 0 Å². The van der Waals surface area contributed by atoms with Gasteiger partial charge in [0.05, 0.1) is 0 Å². The van der Waals surface area contributed by atoms with Gasteiger partial charge in [0.15, 0.2) is 6.54 Å². The van der Waals surface area contributed by atoms with Crippen molar-refractivity contribution in [3.05, 3.63) is 34.9 Å². The minimum atomic E-state index is -0.302. The quantitative estimate of drug-likeness (QED) is 0.845. The third-order valence-corrected chi connectivity index (χ3v) is 3.54. The zero-order chi connectivity index (χ0) is 13.8. The first-order chi connectivity index (χ1) is 9.09. The molecule has 102 valence electrons. The first kappa shape index (κ1) is 13.8. The van der Waals surface area contributed by atoms with E-state index in [1.807, 2.05) is 36.5 Å². The Morgan fingerprint density at radius 1 is 1.53 bits per heavy atom. The van der Waals surface area contributed by atoms with Crippen LogP contribution in [0.3, 0.4) is 0 Å². The van der Waals surface area contributed by atoms with Crippen molar-refractivity contribution in [2.75, 3.05) is 19.6 Å². The number of imide groups is 1. The predicted molar refractivity (Wildman–Crippen MR) is 71.8 cm³/mol. The first-order valence-corrected chi connectivity index (χ1v) is 6.63. The molecule has 19 heavy (non-hydrogen) atoms. The molecule has 1 heterocycles. The van der Waals surface area contributed by atoms with E-state index in [1.54, 1.807) is 0 Å². The van der Waals surface area contributed by atoms with E-state index in [2.05, 4.69) is 5.32 Å². The van der Waals surface area contributed by atoms with Crippen molar-refractivity contribution in [3.8, 4) is 0 Å². The molecule has 0 bridgehead atoms. The predicted octanol–water partition coefficient (Wildman–Crippen LogP) is 0.516. The van der Waals surface area contributed by atoms with E-state index in [-0.39, 0.29) is 24.5 Å². The van der Waals surface area contributed by atoms with Crippen LogP contribution in [0.5, 0.6) is 0 Å². The Morgan fingerprint density at radius 2 is 2.26 bits per heavy atom. The van der Waals surface area contributed by atoms with Crippen LogP contribution in [0.15, 0.2) is 24.3 Å². The Bertz CT molecular complexity index is 493. The summed E-state index contributed by atoms with van der Waals surface area (Å²) in [5, 5.41) is 5.19. The Labute approximate surface area is 116 Å². The maximum atomic E-state index is 11.9. The SMILES string of the molecule is C[C@@H]([NH2+]CC(=O)N1CCNC1=O)c1ccccc1Cl. The van der Waals surface area contributed by atoms with Gasteiger partial charge in [-0.05, 0) is 13.0 Å². The normalized spacial score (nSPS) is 16.3. The number of halogens is 1. The van der Waals surface area contributed by atoms with Gasteiger partial charge in [-0.25, -0.2) is 4.79 Å². The van der Waals surface area contributed by atoms with E-state index in [4.69, 9.17) is 11.6 Å². The number of carbonyl (C=O) groups excluding carboxylic acids is 2. The molecule has 0 aromatic heterocycles. The first-order valence-electron chi connectivity index (χ1n) is 6.25. The molecule has 0 aliphatic carbocycles. The molecular weight excluding hydrogens is 266 g/mol. The number of benzene rings is 1. The van der Waals surface area contributed by atoms with Gasteiger partial charge in [0, 0.05) is 23.7 Å². The third kappa shape index (κ3) is 3.24. The summed E-state index contributed by atoms with van der Waals surface area (Å²) >= 11 is 6.11. The lowest BCUT2D eigenvalue weighted by Crippen LogP contribution is -2.87. The summed E-state index contributed by atoms with van der Waals surface area (Å²) in [7, 11) is 0. The van der Waals surface area contributed by atoms with Gasteiger partial charge < -0.3 is 10.6 Å². The number of nitrogens with two attached hydrogens (primary N) is 1. The largest absolute Gasteiger partial charge is 0.336 e. The minimum absolute atomic E-state index is 0.0725. The molecule has 6 heteroatoms. The topological polar surface area (TPSA) is 66.0 Å². The van der Waals surface area contributed by atoms with E-state index >= 15 is 0 Å². The van der Waals surface area contributed by atoms with E-state index in [1.165, 1.54) is 4.90 Å². The summed E-state index contributed by atoms with van der Waals surface area (Å²) in [5.41, 5.74) is 0.989. The van der Waals surface area contributed by atoms with Crippen LogP contribution < -0.4 is 10.6 Å². The number of carbonyl (C=O) groups is 2. The summed E-state index contributed by atoms with van der Waals surface area (Å²) in [6.45, 7) is 3.20. The molecule has 2 rings (SSSR count). The van der Waals surface area contributed by atoms with Gasteiger partial charge in [-0.1, -0.05) is 29.8 Å². The van der Waals surface area contributed by atoms with Crippen molar-refractivity contribution in [1.29, 1.82) is 0 Å². The highest BCUT2D eigenvalue weighted by atomic mass is 35.5. The average Bonchev–Trinajstić information content (AvgIpc) is 2.82. The molecular formula is C13H17ClN3O2+. The summed E-state index contributed by atoms with van der Waals surface area (Å²) in [6, 6.07) is 7.33. The zero-order valence-electron chi connectivity index (χ0n) is 10.7. The second kappa shape index (κ2) is 6.04. The van der Waals surface area contributed by atoms with Gasteiger partial charge in [-0.3, -0.25) is 9.69 Å². The van der Waals surface area contributed by atoms with Gasteiger partial charge in [0.1, 0.15) is 6.04 Å². The molecule has 0 radical (unpaired) electrons. The van der Waals surface area contributed by atoms with Crippen molar-refractivity contribution >= 4 is 23.5 Å². The standard InChI is InChI=1S/C13H16ClN3O2/c1-9(10-4-2-3-5-11(10)14)16-8-12(18)17-7-6-15-13(17)19/h2-5,9,16H,6-8H2,1H3,(H,15,19)/p+1/t9-/m1/s1. The highest BCUT2D eigenvalue weighted by Crippen LogP contribution is 2.19. The maximum Gasteiger partial charge on any atom is 0.324 e. The molecule has 1 fully saturated rings. The zero-order valence-corrected chi connectivity index (χ0v) is 11.5. The van der Waals surface area contributed by atoms with Crippen LogP contribution in [-0.2, 0) is 4.79 Å². The van der Waals surface area contributed by atoms with Gasteiger partial charge in [0.2, 0.25) is 0 Å². The summed E-state index contributed by atoms with van der Waals surface area (Å²) in [4.78, 5) is 24.5. The number of amides is 3. The van der Waals surface area contributed by atoms with Crippen molar-refractivity contribution < 1.29 is 14.9 Å². The number of nitrogens with zero attached hydrogens (tertiary/aromatic N) is 1. The smallest absolute Gasteiger partial charge is 0.324 e. The number of hydrogen-bond acceptors (Lipinski definition) is 2. The molecule has 3 amide bonds. The number of nitrogens with one attached hydrogen (secondary N) is 1. The fraction of sp³-hybridized carbons (Fsp3) is 0.385. The highest BCUT2D eigenvalue weighted by Gasteiger charge is 2.27. The van der Waals surface area contributed by atoms with E-state index in [0.29, 0.717) is 18.1 Å². The highest BCUT2D eigenvalue weighted by molar-refractivity contribution is 6.31. The summed E-state index contributed by atoms with van der Waals surface area (Å²) in [6.07, 6.45) is 0.